The Morgan fingerprint density at radius 1 is 1.33 bits per heavy atom. The van der Waals surface area contributed by atoms with Gasteiger partial charge in [-0.1, -0.05) is 18.9 Å². The van der Waals surface area contributed by atoms with Gasteiger partial charge in [-0.05, 0) is 44.1 Å². The van der Waals surface area contributed by atoms with E-state index < -0.39 is 0 Å². The van der Waals surface area contributed by atoms with E-state index in [1.54, 1.807) is 0 Å². The van der Waals surface area contributed by atoms with E-state index in [1.807, 2.05) is 11.3 Å². The monoisotopic (exact) mass is 223 g/mol. The lowest BCUT2D eigenvalue weighted by Crippen LogP contribution is -2.33. The van der Waals surface area contributed by atoms with Crippen molar-refractivity contribution in [2.45, 2.75) is 51.6 Å². The highest BCUT2D eigenvalue weighted by atomic mass is 32.1. The molecule has 0 aliphatic heterocycles. The molecule has 2 unspecified atom stereocenters. The summed E-state index contributed by atoms with van der Waals surface area (Å²) in [5, 5.41) is 5.90. The van der Waals surface area contributed by atoms with Crippen LogP contribution in [0.3, 0.4) is 0 Å². The van der Waals surface area contributed by atoms with Crippen LogP contribution in [0.1, 0.15) is 50.4 Å². The maximum atomic E-state index is 3.73. The first-order chi connectivity index (χ1) is 7.27. The second kappa shape index (κ2) is 5.13. The second-order valence-corrected chi connectivity index (χ2v) is 5.72. The van der Waals surface area contributed by atoms with Crippen LogP contribution >= 0.6 is 11.3 Å². The van der Waals surface area contributed by atoms with E-state index in [0.717, 1.165) is 5.92 Å². The van der Waals surface area contributed by atoms with Crippen LogP contribution in [0.4, 0.5) is 0 Å². The van der Waals surface area contributed by atoms with Crippen LogP contribution in [0.25, 0.3) is 0 Å². The molecule has 1 saturated carbocycles. The lowest BCUT2D eigenvalue weighted by Gasteiger charge is -2.24. The van der Waals surface area contributed by atoms with Gasteiger partial charge < -0.3 is 5.32 Å². The molecule has 2 atom stereocenters. The SMILES string of the molecule is CC(NC(C)C1CCCC1)c1cccs1. The second-order valence-electron chi connectivity index (χ2n) is 4.74. The van der Waals surface area contributed by atoms with Gasteiger partial charge in [-0.15, -0.1) is 11.3 Å². The Kier molecular flexibility index (Phi) is 3.81. The van der Waals surface area contributed by atoms with Crippen molar-refractivity contribution in [2.24, 2.45) is 5.92 Å². The number of nitrogens with one attached hydrogen (secondary N) is 1. The van der Waals surface area contributed by atoms with E-state index in [1.165, 1.54) is 30.6 Å². The summed E-state index contributed by atoms with van der Waals surface area (Å²) in [5.41, 5.74) is 0. The molecule has 1 heterocycles. The molecule has 2 heteroatoms. The van der Waals surface area contributed by atoms with E-state index in [4.69, 9.17) is 0 Å². The van der Waals surface area contributed by atoms with Crippen molar-refractivity contribution in [1.29, 1.82) is 0 Å². The van der Waals surface area contributed by atoms with Crippen molar-refractivity contribution in [1.82, 2.24) is 5.32 Å². The predicted molar refractivity (Wildman–Crippen MR) is 67.3 cm³/mol. The molecular formula is C13H21NS. The van der Waals surface area contributed by atoms with Crippen LogP contribution in [0, 0.1) is 5.92 Å². The third kappa shape index (κ3) is 2.82. The largest absolute Gasteiger partial charge is 0.307 e. The lowest BCUT2D eigenvalue weighted by molar-refractivity contribution is 0.354. The molecule has 0 amide bonds. The summed E-state index contributed by atoms with van der Waals surface area (Å²) < 4.78 is 0. The van der Waals surface area contributed by atoms with E-state index in [2.05, 4.69) is 36.7 Å². The minimum absolute atomic E-state index is 0.514. The van der Waals surface area contributed by atoms with Crippen molar-refractivity contribution in [2.75, 3.05) is 0 Å². The zero-order valence-corrected chi connectivity index (χ0v) is 10.5. The Labute approximate surface area is 96.9 Å². The molecule has 1 aromatic heterocycles. The summed E-state index contributed by atoms with van der Waals surface area (Å²) >= 11 is 1.85. The van der Waals surface area contributed by atoms with Gasteiger partial charge in [0.15, 0.2) is 0 Å². The van der Waals surface area contributed by atoms with Crippen LogP contribution in [-0.4, -0.2) is 6.04 Å². The molecule has 1 N–H and O–H groups in total. The zero-order chi connectivity index (χ0) is 10.7. The third-order valence-electron chi connectivity index (χ3n) is 3.59. The summed E-state index contributed by atoms with van der Waals surface area (Å²) in [5.74, 6) is 0.910. The first kappa shape index (κ1) is 11.2. The maximum absolute atomic E-state index is 3.73. The molecular weight excluding hydrogens is 202 g/mol. The van der Waals surface area contributed by atoms with Crippen LogP contribution in [0.15, 0.2) is 17.5 Å². The molecule has 1 aromatic rings. The first-order valence-corrected chi connectivity index (χ1v) is 6.95. The zero-order valence-electron chi connectivity index (χ0n) is 9.70. The molecule has 84 valence electrons. The van der Waals surface area contributed by atoms with Gasteiger partial charge in [-0.3, -0.25) is 0 Å². The maximum Gasteiger partial charge on any atom is 0.0388 e. The number of thiophene rings is 1. The summed E-state index contributed by atoms with van der Waals surface area (Å²) in [6.07, 6.45) is 5.71. The molecule has 1 aliphatic carbocycles. The van der Waals surface area contributed by atoms with E-state index in [0.29, 0.717) is 12.1 Å². The molecule has 0 radical (unpaired) electrons. The van der Waals surface area contributed by atoms with Gasteiger partial charge in [0.25, 0.3) is 0 Å². The summed E-state index contributed by atoms with van der Waals surface area (Å²) in [6, 6.07) is 5.55. The molecule has 0 spiro atoms. The molecule has 1 aliphatic rings. The van der Waals surface area contributed by atoms with Crippen molar-refractivity contribution < 1.29 is 0 Å². The van der Waals surface area contributed by atoms with Crippen molar-refractivity contribution in [3.63, 3.8) is 0 Å². The Hall–Kier alpha value is -0.340. The Balaban J connectivity index is 1.85. The van der Waals surface area contributed by atoms with Crippen molar-refractivity contribution >= 4 is 11.3 Å². The lowest BCUT2D eigenvalue weighted by atomic mass is 9.99. The van der Waals surface area contributed by atoms with Crippen LogP contribution in [-0.2, 0) is 0 Å². The van der Waals surface area contributed by atoms with Gasteiger partial charge in [-0.2, -0.15) is 0 Å². The Morgan fingerprint density at radius 2 is 2.07 bits per heavy atom. The van der Waals surface area contributed by atoms with Crippen LogP contribution < -0.4 is 5.32 Å². The third-order valence-corrected chi connectivity index (χ3v) is 4.64. The van der Waals surface area contributed by atoms with Gasteiger partial charge in [0, 0.05) is 17.0 Å². The minimum Gasteiger partial charge on any atom is -0.307 e. The number of hydrogen-bond donors (Lipinski definition) is 1. The molecule has 0 aromatic carbocycles. The summed E-state index contributed by atoms with van der Waals surface area (Å²) in [7, 11) is 0. The Morgan fingerprint density at radius 3 is 2.67 bits per heavy atom. The minimum atomic E-state index is 0.514. The van der Waals surface area contributed by atoms with Crippen molar-refractivity contribution in [3.05, 3.63) is 22.4 Å². The first-order valence-electron chi connectivity index (χ1n) is 6.07. The van der Waals surface area contributed by atoms with Crippen LogP contribution in [0.5, 0.6) is 0 Å². The molecule has 15 heavy (non-hydrogen) atoms. The van der Waals surface area contributed by atoms with E-state index >= 15 is 0 Å². The highest BCUT2D eigenvalue weighted by Crippen LogP contribution is 2.29. The molecule has 0 bridgehead atoms. The quantitative estimate of drug-likeness (QED) is 0.814. The van der Waals surface area contributed by atoms with Gasteiger partial charge in [0.1, 0.15) is 0 Å². The van der Waals surface area contributed by atoms with Gasteiger partial charge in [-0.25, -0.2) is 0 Å². The van der Waals surface area contributed by atoms with Crippen LogP contribution in [0.2, 0.25) is 0 Å². The van der Waals surface area contributed by atoms with Gasteiger partial charge in [0.2, 0.25) is 0 Å². The highest BCUT2D eigenvalue weighted by Gasteiger charge is 2.22. The number of hydrogen-bond acceptors (Lipinski definition) is 2. The predicted octanol–water partition coefficient (Wildman–Crippen LogP) is 3.98. The van der Waals surface area contributed by atoms with Gasteiger partial charge >= 0.3 is 0 Å². The topological polar surface area (TPSA) is 12.0 Å². The number of rotatable bonds is 4. The average molecular weight is 223 g/mol. The molecule has 0 saturated heterocycles. The molecule has 1 nitrogen and oxygen atoms in total. The van der Waals surface area contributed by atoms with E-state index in [9.17, 15) is 0 Å². The highest BCUT2D eigenvalue weighted by molar-refractivity contribution is 7.10. The molecule has 2 rings (SSSR count). The summed E-state index contributed by atoms with van der Waals surface area (Å²) in [6.45, 7) is 4.62. The van der Waals surface area contributed by atoms with Crippen molar-refractivity contribution in [3.8, 4) is 0 Å². The van der Waals surface area contributed by atoms with E-state index in [-0.39, 0.29) is 0 Å². The van der Waals surface area contributed by atoms with Gasteiger partial charge in [0.05, 0.1) is 0 Å². The summed E-state index contributed by atoms with van der Waals surface area (Å²) in [4.78, 5) is 1.46. The fourth-order valence-electron chi connectivity index (χ4n) is 2.61. The molecule has 1 fully saturated rings. The normalized spacial score (nSPS) is 21.7. The average Bonchev–Trinajstić information content (AvgIpc) is 2.91. The fraction of sp³-hybridized carbons (Fsp3) is 0.692. The smallest absolute Gasteiger partial charge is 0.0388 e. The standard InChI is InChI=1S/C13H21NS/c1-10(12-6-3-4-7-12)14-11(2)13-8-5-9-15-13/h5,8-12,14H,3-4,6-7H2,1-2H3. The fourth-order valence-corrected chi connectivity index (χ4v) is 3.35. The Bertz CT molecular complexity index is 275.